The van der Waals surface area contributed by atoms with Crippen molar-refractivity contribution in [2.75, 3.05) is 11.9 Å². The molecule has 5 nitrogen and oxygen atoms in total. The molecule has 124 valence electrons. The van der Waals surface area contributed by atoms with Crippen LogP contribution in [0, 0.1) is 0 Å². The lowest BCUT2D eigenvalue weighted by molar-refractivity contribution is -0.110. The molecule has 0 radical (unpaired) electrons. The maximum atomic E-state index is 12.5. The number of hydrogen-bond acceptors (Lipinski definition) is 4. The number of hydrogen-bond donors (Lipinski definition) is 1. The lowest BCUT2D eigenvalue weighted by atomic mass is 10.0. The molecule has 1 heterocycles. The molecule has 24 heavy (non-hydrogen) atoms. The summed E-state index contributed by atoms with van der Waals surface area (Å²) in [7, 11) is 0. The number of amides is 1. The highest BCUT2D eigenvalue weighted by Gasteiger charge is 2.27. The van der Waals surface area contributed by atoms with Gasteiger partial charge in [-0.2, -0.15) is 0 Å². The maximum Gasteiger partial charge on any atom is 0.273 e. The summed E-state index contributed by atoms with van der Waals surface area (Å²) in [5.74, 6) is -0.239. The van der Waals surface area contributed by atoms with Crippen molar-refractivity contribution in [3.05, 3.63) is 65.7 Å². The Bertz CT molecular complexity index is 728. The van der Waals surface area contributed by atoms with Crippen molar-refractivity contribution in [2.24, 2.45) is 5.16 Å². The normalized spacial score (nSPS) is 16.4. The van der Waals surface area contributed by atoms with E-state index in [4.69, 9.17) is 9.57 Å². The van der Waals surface area contributed by atoms with Crippen molar-refractivity contribution in [3.8, 4) is 0 Å². The molecule has 5 heteroatoms. The molecule has 0 saturated heterocycles. The quantitative estimate of drug-likeness (QED) is 0.882. The van der Waals surface area contributed by atoms with Crippen LogP contribution in [-0.2, 0) is 21.0 Å². The van der Waals surface area contributed by atoms with Crippen molar-refractivity contribution in [1.82, 2.24) is 0 Å². The van der Waals surface area contributed by atoms with E-state index in [1.165, 1.54) is 0 Å². The van der Waals surface area contributed by atoms with Crippen LogP contribution in [0.1, 0.15) is 30.6 Å². The molecule has 0 bridgehead atoms. The minimum Gasteiger partial charge on any atom is -0.387 e. The standard InChI is InChI=1S/C19H20N2O3/c1-2-23-13-15-10-6-7-11-16(15)20-19(22)17-12-18(24-21-17)14-8-4-3-5-9-14/h3-11,18H,2,12-13H2,1H3,(H,20,22)/t18-/m1/s1. The van der Waals surface area contributed by atoms with Gasteiger partial charge in [0.25, 0.3) is 5.91 Å². The number of carbonyl (C=O) groups is 1. The van der Waals surface area contributed by atoms with E-state index >= 15 is 0 Å². The molecule has 2 aromatic rings. The summed E-state index contributed by atoms with van der Waals surface area (Å²) < 4.78 is 5.44. The first-order valence-corrected chi connectivity index (χ1v) is 8.02. The van der Waals surface area contributed by atoms with Gasteiger partial charge >= 0.3 is 0 Å². The van der Waals surface area contributed by atoms with Crippen LogP contribution in [0.25, 0.3) is 0 Å². The number of ether oxygens (including phenoxy) is 1. The van der Waals surface area contributed by atoms with E-state index in [0.29, 0.717) is 25.3 Å². The first-order valence-electron chi connectivity index (χ1n) is 8.02. The number of oxime groups is 1. The summed E-state index contributed by atoms with van der Waals surface area (Å²) in [6.45, 7) is 3.03. The lowest BCUT2D eigenvalue weighted by Crippen LogP contribution is -2.22. The molecule has 2 aromatic carbocycles. The smallest absolute Gasteiger partial charge is 0.273 e. The van der Waals surface area contributed by atoms with Crippen molar-refractivity contribution in [3.63, 3.8) is 0 Å². The van der Waals surface area contributed by atoms with E-state index in [1.54, 1.807) is 0 Å². The number of anilines is 1. The highest BCUT2D eigenvalue weighted by atomic mass is 16.6. The molecule has 1 amide bonds. The Labute approximate surface area is 141 Å². The summed E-state index contributed by atoms with van der Waals surface area (Å²) in [4.78, 5) is 17.9. The van der Waals surface area contributed by atoms with Crippen LogP contribution in [-0.4, -0.2) is 18.2 Å². The summed E-state index contributed by atoms with van der Waals surface area (Å²) >= 11 is 0. The highest BCUT2D eigenvalue weighted by Crippen LogP contribution is 2.27. The van der Waals surface area contributed by atoms with Gasteiger partial charge in [0.05, 0.1) is 6.61 Å². The second kappa shape index (κ2) is 7.75. The maximum absolute atomic E-state index is 12.5. The molecule has 0 spiro atoms. The molecule has 1 atom stereocenters. The molecule has 0 aliphatic carbocycles. The van der Waals surface area contributed by atoms with Gasteiger partial charge in [0.15, 0.2) is 6.10 Å². The van der Waals surface area contributed by atoms with E-state index in [0.717, 1.165) is 16.8 Å². The van der Waals surface area contributed by atoms with Crippen molar-refractivity contribution >= 4 is 17.3 Å². The zero-order valence-electron chi connectivity index (χ0n) is 13.6. The Morgan fingerprint density at radius 2 is 1.96 bits per heavy atom. The van der Waals surface area contributed by atoms with Crippen molar-refractivity contribution in [2.45, 2.75) is 26.1 Å². The van der Waals surface area contributed by atoms with E-state index in [2.05, 4.69) is 10.5 Å². The number of para-hydroxylation sites is 1. The third-order valence-electron chi connectivity index (χ3n) is 3.83. The molecular formula is C19H20N2O3. The molecular weight excluding hydrogens is 304 g/mol. The van der Waals surface area contributed by atoms with Gasteiger partial charge in [-0.15, -0.1) is 0 Å². The monoisotopic (exact) mass is 324 g/mol. The topological polar surface area (TPSA) is 59.9 Å². The Morgan fingerprint density at radius 1 is 1.21 bits per heavy atom. The van der Waals surface area contributed by atoms with Gasteiger partial charge in [0, 0.05) is 24.3 Å². The number of benzene rings is 2. The molecule has 0 fully saturated rings. The van der Waals surface area contributed by atoms with E-state index in [-0.39, 0.29) is 12.0 Å². The number of nitrogens with zero attached hydrogens (tertiary/aromatic N) is 1. The molecule has 1 aliphatic heterocycles. The van der Waals surface area contributed by atoms with Crippen molar-refractivity contribution < 1.29 is 14.4 Å². The molecule has 0 aromatic heterocycles. The highest BCUT2D eigenvalue weighted by molar-refractivity contribution is 6.43. The number of rotatable bonds is 6. The van der Waals surface area contributed by atoms with Crippen molar-refractivity contribution in [1.29, 1.82) is 0 Å². The second-order valence-corrected chi connectivity index (χ2v) is 5.50. The fraction of sp³-hybridized carbons (Fsp3) is 0.263. The third kappa shape index (κ3) is 3.81. The zero-order valence-corrected chi connectivity index (χ0v) is 13.6. The molecule has 0 unspecified atom stereocenters. The van der Waals surface area contributed by atoms with Gasteiger partial charge in [-0.3, -0.25) is 4.79 Å². The van der Waals surface area contributed by atoms with Gasteiger partial charge in [-0.25, -0.2) is 0 Å². The molecule has 1 N–H and O–H groups in total. The van der Waals surface area contributed by atoms with Crippen LogP contribution in [0.15, 0.2) is 59.8 Å². The Morgan fingerprint density at radius 3 is 2.75 bits per heavy atom. The predicted molar refractivity (Wildman–Crippen MR) is 92.7 cm³/mol. The van der Waals surface area contributed by atoms with Crippen LogP contribution in [0.2, 0.25) is 0 Å². The fourth-order valence-electron chi connectivity index (χ4n) is 2.53. The van der Waals surface area contributed by atoms with Gasteiger partial charge in [-0.05, 0) is 18.6 Å². The predicted octanol–water partition coefficient (Wildman–Crippen LogP) is 3.68. The largest absolute Gasteiger partial charge is 0.387 e. The van der Waals surface area contributed by atoms with E-state index in [1.807, 2.05) is 61.5 Å². The fourth-order valence-corrected chi connectivity index (χ4v) is 2.53. The zero-order chi connectivity index (χ0) is 16.8. The first-order chi connectivity index (χ1) is 11.8. The molecule has 1 aliphatic rings. The Balaban J connectivity index is 1.64. The van der Waals surface area contributed by atoms with E-state index < -0.39 is 0 Å². The second-order valence-electron chi connectivity index (χ2n) is 5.50. The number of nitrogens with one attached hydrogen (secondary N) is 1. The van der Waals surface area contributed by atoms with E-state index in [9.17, 15) is 4.79 Å². The molecule has 3 rings (SSSR count). The summed E-state index contributed by atoms with van der Waals surface area (Å²) in [6.07, 6.45) is 0.259. The average Bonchev–Trinajstić information content (AvgIpc) is 3.12. The van der Waals surface area contributed by atoms with Gasteiger partial charge < -0.3 is 14.9 Å². The Kier molecular flexibility index (Phi) is 5.23. The molecule has 0 saturated carbocycles. The minimum atomic E-state index is -0.239. The summed E-state index contributed by atoms with van der Waals surface area (Å²) in [6, 6.07) is 17.4. The van der Waals surface area contributed by atoms with Crippen LogP contribution in [0.3, 0.4) is 0 Å². The van der Waals surface area contributed by atoms with Crippen LogP contribution in [0.5, 0.6) is 0 Å². The number of carbonyl (C=O) groups excluding carboxylic acids is 1. The van der Waals surface area contributed by atoms with Crippen LogP contribution in [0.4, 0.5) is 5.69 Å². The minimum absolute atomic E-state index is 0.203. The average molecular weight is 324 g/mol. The third-order valence-corrected chi connectivity index (χ3v) is 3.83. The summed E-state index contributed by atoms with van der Waals surface area (Å²) in [5, 5.41) is 6.86. The SMILES string of the molecule is CCOCc1ccccc1NC(=O)C1=NO[C@@H](c2ccccc2)C1. The first kappa shape index (κ1) is 16.2. The lowest BCUT2D eigenvalue weighted by Gasteiger charge is -2.11. The van der Waals surface area contributed by atoms with Gasteiger partial charge in [0.1, 0.15) is 5.71 Å². The van der Waals surface area contributed by atoms with Crippen LogP contribution >= 0.6 is 0 Å². The summed E-state index contributed by atoms with van der Waals surface area (Å²) in [5.41, 5.74) is 3.09. The Hall–Kier alpha value is -2.66. The van der Waals surface area contributed by atoms with Gasteiger partial charge in [-0.1, -0.05) is 53.7 Å². The van der Waals surface area contributed by atoms with Crippen LogP contribution < -0.4 is 5.32 Å². The van der Waals surface area contributed by atoms with Gasteiger partial charge in [0.2, 0.25) is 0 Å².